The minimum atomic E-state index is -0.300. The highest BCUT2D eigenvalue weighted by Crippen LogP contribution is 2.31. The molecule has 3 fully saturated rings. The number of β-lactam (4-membered cyclic amide) rings is 1. The molecule has 0 aromatic heterocycles. The molecule has 0 aliphatic carbocycles. The Balaban J connectivity index is 1.54. The number of carbonyl (C=O) groups excluding carboxylic acids is 2. The first-order valence-corrected chi connectivity index (χ1v) is 6.53. The van der Waals surface area contributed by atoms with E-state index in [1.54, 1.807) is 4.90 Å². The molecule has 0 bridgehead atoms. The van der Waals surface area contributed by atoms with Gasteiger partial charge in [-0.2, -0.15) is 0 Å². The number of likely N-dealkylation sites (tertiary alicyclic amines) is 2. The molecule has 5 heteroatoms. The van der Waals surface area contributed by atoms with Crippen molar-refractivity contribution in [1.82, 2.24) is 15.1 Å². The molecule has 3 aliphatic rings. The summed E-state index contributed by atoms with van der Waals surface area (Å²) in [5.74, 6) is 0.242. The predicted octanol–water partition coefficient (Wildman–Crippen LogP) is -0.427. The first-order chi connectivity index (χ1) is 8.21. The number of hydrogen-bond acceptors (Lipinski definition) is 3. The Morgan fingerprint density at radius 1 is 1.29 bits per heavy atom. The van der Waals surface area contributed by atoms with Gasteiger partial charge in [0, 0.05) is 19.6 Å². The molecule has 0 radical (unpaired) electrons. The topological polar surface area (TPSA) is 52.7 Å². The summed E-state index contributed by atoms with van der Waals surface area (Å²) in [6, 6.07) is 0. The van der Waals surface area contributed by atoms with E-state index in [2.05, 4.69) is 5.32 Å². The number of hydrogen-bond donors (Lipinski definition) is 1. The minimum Gasteiger partial charge on any atom is -0.341 e. The molecule has 2 amide bonds. The largest absolute Gasteiger partial charge is 0.341 e. The van der Waals surface area contributed by atoms with E-state index in [9.17, 15) is 9.59 Å². The van der Waals surface area contributed by atoms with Gasteiger partial charge in [0.25, 0.3) is 0 Å². The van der Waals surface area contributed by atoms with E-state index < -0.39 is 0 Å². The highest BCUT2D eigenvalue weighted by molar-refractivity contribution is 5.96. The Morgan fingerprint density at radius 2 is 2.06 bits per heavy atom. The van der Waals surface area contributed by atoms with Crippen LogP contribution in [0.15, 0.2) is 0 Å². The Bertz CT molecular complexity index is 344. The lowest BCUT2D eigenvalue weighted by molar-refractivity contribution is -0.156. The van der Waals surface area contributed by atoms with Crippen molar-refractivity contribution in [2.75, 3.05) is 32.7 Å². The molecule has 3 saturated heterocycles. The number of rotatable bonds is 2. The third kappa shape index (κ3) is 1.73. The summed E-state index contributed by atoms with van der Waals surface area (Å²) in [5.41, 5.74) is -0.300. The van der Waals surface area contributed by atoms with Gasteiger partial charge in [-0.15, -0.1) is 0 Å². The molecule has 0 aromatic rings. The lowest BCUT2D eigenvalue weighted by Crippen LogP contribution is -2.72. The maximum atomic E-state index is 12.0. The molecule has 1 atom stereocenters. The summed E-state index contributed by atoms with van der Waals surface area (Å²) in [5, 5.41) is 3.28. The lowest BCUT2D eigenvalue weighted by Gasteiger charge is -2.46. The zero-order valence-electron chi connectivity index (χ0n) is 10.1. The molecule has 1 spiro atoms. The molecule has 3 rings (SSSR count). The second kappa shape index (κ2) is 3.98. The zero-order valence-corrected chi connectivity index (χ0v) is 10.1. The molecular weight excluding hydrogens is 218 g/mol. The van der Waals surface area contributed by atoms with Gasteiger partial charge in [-0.3, -0.25) is 9.59 Å². The number of nitrogens with zero attached hydrogens (tertiary/aromatic N) is 2. The van der Waals surface area contributed by atoms with Crippen LogP contribution in [0.4, 0.5) is 0 Å². The fourth-order valence-electron chi connectivity index (χ4n) is 3.16. The molecule has 5 nitrogen and oxygen atoms in total. The minimum absolute atomic E-state index is 0.115. The van der Waals surface area contributed by atoms with E-state index >= 15 is 0 Å². The molecule has 0 saturated carbocycles. The lowest BCUT2D eigenvalue weighted by atomic mass is 9.87. The van der Waals surface area contributed by atoms with Crippen LogP contribution in [0.1, 0.15) is 25.7 Å². The van der Waals surface area contributed by atoms with Crippen LogP contribution < -0.4 is 5.32 Å². The van der Waals surface area contributed by atoms with Gasteiger partial charge < -0.3 is 15.1 Å². The quantitative estimate of drug-likeness (QED) is 0.663. The predicted molar refractivity (Wildman–Crippen MR) is 62.4 cm³/mol. The van der Waals surface area contributed by atoms with Crippen molar-refractivity contribution in [3.63, 3.8) is 0 Å². The summed E-state index contributed by atoms with van der Waals surface area (Å²) in [7, 11) is 0. The van der Waals surface area contributed by atoms with Crippen molar-refractivity contribution in [3.8, 4) is 0 Å². The maximum Gasteiger partial charge on any atom is 0.245 e. The third-order valence-corrected chi connectivity index (χ3v) is 4.19. The van der Waals surface area contributed by atoms with Crippen LogP contribution >= 0.6 is 0 Å². The van der Waals surface area contributed by atoms with Crippen molar-refractivity contribution in [3.05, 3.63) is 0 Å². The van der Waals surface area contributed by atoms with Crippen LogP contribution in [0.2, 0.25) is 0 Å². The average molecular weight is 237 g/mol. The Morgan fingerprint density at radius 3 is 2.65 bits per heavy atom. The van der Waals surface area contributed by atoms with Crippen LogP contribution in [0.25, 0.3) is 0 Å². The monoisotopic (exact) mass is 237 g/mol. The van der Waals surface area contributed by atoms with Gasteiger partial charge in [0.1, 0.15) is 5.54 Å². The van der Waals surface area contributed by atoms with E-state index in [-0.39, 0.29) is 23.9 Å². The third-order valence-electron chi connectivity index (χ3n) is 4.19. The van der Waals surface area contributed by atoms with Crippen LogP contribution in [0, 0.1) is 0 Å². The van der Waals surface area contributed by atoms with E-state index in [0.29, 0.717) is 6.54 Å². The summed E-state index contributed by atoms with van der Waals surface area (Å²) < 4.78 is 0. The molecule has 1 N–H and O–H groups in total. The second-order valence-corrected chi connectivity index (χ2v) is 5.36. The summed E-state index contributed by atoms with van der Waals surface area (Å²) in [6.45, 7) is 3.65. The normalized spacial score (nSPS) is 32.4. The zero-order chi connectivity index (χ0) is 11.9. The molecule has 1 unspecified atom stereocenters. The van der Waals surface area contributed by atoms with Crippen LogP contribution in [0.3, 0.4) is 0 Å². The van der Waals surface area contributed by atoms with Crippen LogP contribution in [0.5, 0.6) is 0 Å². The summed E-state index contributed by atoms with van der Waals surface area (Å²) >= 11 is 0. The Hall–Kier alpha value is -1.10. The van der Waals surface area contributed by atoms with E-state index in [1.165, 1.54) is 0 Å². The highest BCUT2D eigenvalue weighted by Gasteiger charge is 2.53. The molecular formula is C12H19N3O2. The fourth-order valence-corrected chi connectivity index (χ4v) is 3.16. The van der Waals surface area contributed by atoms with Gasteiger partial charge in [0.15, 0.2) is 0 Å². The van der Waals surface area contributed by atoms with Crippen molar-refractivity contribution in [2.24, 2.45) is 0 Å². The SMILES string of the molecule is O=C(CN1CC2(CCCN2)C1=O)N1CCCC1. The van der Waals surface area contributed by atoms with Crippen molar-refractivity contribution in [1.29, 1.82) is 0 Å². The van der Waals surface area contributed by atoms with Gasteiger partial charge >= 0.3 is 0 Å². The maximum absolute atomic E-state index is 12.0. The average Bonchev–Trinajstić information content (AvgIpc) is 2.99. The van der Waals surface area contributed by atoms with E-state index in [4.69, 9.17) is 0 Å². The second-order valence-electron chi connectivity index (χ2n) is 5.36. The number of nitrogens with one attached hydrogen (secondary N) is 1. The van der Waals surface area contributed by atoms with Crippen molar-refractivity contribution >= 4 is 11.8 Å². The highest BCUT2D eigenvalue weighted by atomic mass is 16.2. The molecule has 17 heavy (non-hydrogen) atoms. The van der Waals surface area contributed by atoms with Gasteiger partial charge in [-0.05, 0) is 32.2 Å². The van der Waals surface area contributed by atoms with E-state index in [0.717, 1.165) is 45.3 Å². The number of amides is 2. The summed E-state index contributed by atoms with van der Waals surface area (Å²) in [4.78, 5) is 27.5. The molecule has 94 valence electrons. The first-order valence-electron chi connectivity index (χ1n) is 6.53. The van der Waals surface area contributed by atoms with Gasteiger partial charge in [-0.25, -0.2) is 0 Å². The smallest absolute Gasteiger partial charge is 0.245 e. The Kier molecular flexibility index (Phi) is 2.58. The van der Waals surface area contributed by atoms with Crippen LogP contribution in [-0.2, 0) is 9.59 Å². The van der Waals surface area contributed by atoms with Crippen molar-refractivity contribution in [2.45, 2.75) is 31.2 Å². The Labute approximate surface area is 101 Å². The van der Waals surface area contributed by atoms with Gasteiger partial charge in [0.2, 0.25) is 11.8 Å². The summed E-state index contributed by atoms with van der Waals surface area (Å²) in [6.07, 6.45) is 4.20. The van der Waals surface area contributed by atoms with Gasteiger partial charge in [0.05, 0.1) is 6.54 Å². The molecule has 3 heterocycles. The van der Waals surface area contributed by atoms with Gasteiger partial charge in [-0.1, -0.05) is 0 Å². The molecule has 0 aromatic carbocycles. The first kappa shape index (κ1) is 11.0. The standard InChI is InChI=1S/C12H19N3O2/c16-10(14-6-1-2-7-14)8-15-9-12(11(15)17)4-3-5-13-12/h13H,1-9H2. The van der Waals surface area contributed by atoms with Crippen LogP contribution in [-0.4, -0.2) is 59.9 Å². The number of carbonyl (C=O) groups is 2. The fraction of sp³-hybridized carbons (Fsp3) is 0.833. The van der Waals surface area contributed by atoms with Crippen molar-refractivity contribution < 1.29 is 9.59 Å². The van der Waals surface area contributed by atoms with E-state index in [1.807, 2.05) is 4.90 Å². The molecule has 3 aliphatic heterocycles.